The summed E-state index contributed by atoms with van der Waals surface area (Å²) in [5.74, 6) is 0.0475. The molecule has 0 aliphatic rings. The fraction of sp³-hybridized carbons (Fsp3) is 0.222. The maximum absolute atomic E-state index is 13.1. The van der Waals surface area contributed by atoms with Crippen LogP contribution in [0.2, 0.25) is 0 Å². The molecule has 3 nitrogen and oxygen atoms in total. The molecule has 152 valence electrons. The van der Waals surface area contributed by atoms with Crippen LogP contribution >= 0.6 is 0 Å². The first-order valence-corrected chi connectivity index (χ1v) is 10.5. The number of hydrogen-bond donors (Lipinski definition) is 2. The molecule has 0 unspecified atom stereocenters. The van der Waals surface area contributed by atoms with Crippen LogP contribution in [-0.2, 0) is 4.79 Å². The molecule has 30 heavy (non-hydrogen) atoms. The van der Waals surface area contributed by atoms with E-state index in [1.54, 1.807) is 0 Å². The van der Waals surface area contributed by atoms with Crippen LogP contribution in [-0.4, -0.2) is 10.9 Å². The first-order chi connectivity index (χ1) is 14.5. The van der Waals surface area contributed by atoms with Gasteiger partial charge in [-0.25, -0.2) is 0 Å². The molecule has 0 spiro atoms. The molecule has 0 fully saturated rings. The molecule has 1 aromatic heterocycles. The number of carbonyl (C=O) groups excluding carboxylic acids is 1. The smallest absolute Gasteiger partial charge is 0.221 e. The first-order valence-electron chi connectivity index (χ1n) is 10.5. The number of aromatic nitrogens is 1. The predicted octanol–water partition coefficient (Wildman–Crippen LogP) is 6.18. The number of aromatic amines is 1. The van der Waals surface area contributed by atoms with Gasteiger partial charge < -0.3 is 10.3 Å². The summed E-state index contributed by atoms with van der Waals surface area (Å²) in [6.07, 6.45) is 2.46. The number of para-hydroxylation sites is 1. The van der Waals surface area contributed by atoms with E-state index in [9.17, 15) is 4.79 Å². The molecule has 0 saturated carbocycles. The van der Waals surface area contributed by atoms with Crippen molar-refractivity contribution in [3.05, 3.63) is 107 Å². The molecule has 0 aliphatic carbocycles. The number of benzene rings is 3. The lowest BCUT2D eigenvalue weighted by atomic mass is 9.85. The lowest BCUT2D eigenvalue weighted by molar-refractivity contribution is -0.121. The Morgan fingerprint density at radius 2 is 1.67 bits per heavy atom. The highest BCUT2D eigenvalue weighted by atomic mass is 16.1. The molecule has 2 atom stereocenters. The lowest BCUT2D eigenvalue weighted by Gasteiger charge is -2.21. The van der Waals surface area contributed by atoms with Gasteiger partial charge in [0.1, 0.15) is 0 Å². The summed E-state index contributed by atoms with van der Waals surface area (Å²) in [5.41, 5.74) is 7.03. The summed E-state index contributed by atoms with van der Waals surface area (Å²) in [6.45, 7) is 6.27. The predicted molar refractivity (Wildman–Crippen MR) is 124 cm³/mol. The highest BCUT2D eigenvalue weighted by molar-refractivity contribution is 5.86. The quantitative estimate of drug-likeness (QED) is 0.401. The Hall–Kier alpha value is -3.33. The van der Waals surface area contributed by atoms with Gasteiger partial charge in [0.05, 0.1) is 6.04 Å². The Kier molecular flexibility index (Phi) is 5.71. The van der Waals surface area contributed by atoms with Crippen molar-refractivity contribution in [1.29, 1.82) is 0 Å². The molecule has 2 N–H and O–H groups in total. The van der Waals surface area contributed by atoms with Crippen LogP contribution in [0.1, 0.15) is 53.1 Å². The minimum Gasteiger partial charge on any atom is -0.361 e. The van der Waals surface area contributed by atoms with E-state index in [4.69, 9.17) is 0 Å². The highest BCUT2D eigenvalue weighted by Gasteiger charge is 2.23. The standard InChI is InChI=1S/C27H28N2O/c1-18-13-14-22(19(2)15-18)24(25-17-28-26-12-8-7-11-23(25)26)16-27(30)29-20(3)21-9-5-4-6-10-21/h4-15,17,20,24,28H,16H2,1-3H3,(H,29,30)/t20-,24-/m1/s1. The maximum Gasteiger partial charge on any atom is 0.221 e. The zero-order chi connectivity index (χ0) is 21.1. The maximum atomic E-state index is 13.1. The fourth-order valence-corrected chi connectivity index (χ4v) is 4.30. The van der Waals surface area contributed by atoms with E-state index in [0.717, 1.165) is 11.1 Å². The van der Waals surface area contributed by atoms with E-state index in [0.29, 0.717) is 6.42 Å². The number of hydrogen-bond acceptors (Lipinski definition) is 1. The Morgan fingerprint density at radius 3 is 2.43 bits per heavy atom. The van der Waals surface area contributed by atoms with Gasteiger partial charge in [-0.2, -0.15) is 0 Å². The Labute approximate surface area is 178 Å². The summed E-state index contributed by atoms with van der Waals surface area (Å²) >= 11 is 0. The van der Waals surface area contributed by atoms with Gasteiger partial charge >= 0.3 is 0 Å². The van der Waals surface area contributed by atoms with E-state index >= 15 is 0 Å². The van der Waals surface area contributed by atoms with Crippen LogP contribution in [0.5, 0.6) is 0 Å². The zero-order valence-electron chi connectivity index (χ0n) is 17.8. The van der Waals surface area contributed by atoms with E-state index in [1.165, 1.54) is 27.6 Å². The normalized spacial score (nSPS) is 13.2. The number of aryl methyl sites for hydroxylation is 2. The molecule has 0 saturated heterocycles. The van der Waals surface area contributed by atoms with Gasteiger partial charge in [0.25, 0.3) is 0 Å². The molecule has 1 heterocycles. The van der Waals surface area contributed by atoms with Crippen LogP contribution < -0.4 is 5.32 Å². The molecule has 3 aromatic carbocycles. The number of fused-ring (bicyclic) bond motifs is 1. The fourth-order valence-electron chi connectivity index (χ4n) is 4.30. The van der Waals surface area contributed by atoms with Crippen molar-refractivity contribution < 1.29 is 4.79 Å². The highest BCUT2D eigenvalue weighted by Crippen LogP contribution is 2.35. The number of amides is 1. The van der Waals surface area contributed by atoms with Crippen LogP contribution in [0.25, 0.3) is 10.9 Å². The zero-order valence-corrected chi connectivity index (χ0v) is 17.8. The summed E-state index contributed by atoms with van der Waals surface area (Å²) in [5, 5.41) is 4.36. The lowest BCUT2D eigenvalue weighted by Crippen LogP contribution is -2.28. The van der Waals surface area contributed by atoms with E-state index < -0.39 is 0 Å². The van der Waals surface area contributed by atoms with Crippen LogP contribution in [0.15, 0.2) is 79.0 Å². The Balaban J connectivity index is 1.66. The van der Waals surface area contributed by atoms with Crippen LogP contribution in [0.3, 0.4) is 0 Å². The number of rotatable bonds is 6. The van der Waals surface area contributed by atoms with Crippen molar-refractivity contribution in [1.82, 2.24) is 10.3 Å². The van der Waals surface area contributed by atoms with Gasteiger partial charge in [-0.05, 0) is 49.1 Å². The largest absolute Gasteiger partial charge is 0.361 e. The van der Waals surface area contributed by atoms with Crippen molar-refractivity contribution in [3.8, 4) is 0 Å². The Morgan fingerprint density at radius 1 is 0.933 bits per heavy atom. The summed E-state index contributed by atoms with van der Waals surface area (Å²) in [6, 6.07) is 24.9. The first kappa shape index (κ1) is 20.0. The molecule has 4 aromatic rings. The SMILES string of the molecule is Cc1ccc([C@@H](CC(=O)N[C@H](C)c2ccccc2)c2c[nH]c3ccccc23)c(C)c1. The second-order valence-electron chi connectivity index (χ2n) is 8.11. The van der Waals surface area contributed by atoms with Crippen LogP contribution in [0, 0.1) is 13.8 Å². The van der Waals surface area contributed by atoms with Gasteiger partial charge in [-0.1, -0.05) is 72.3 Å². The van der Waals surface area contributed by atoms with E-state index in [-0.39, 0.29) is 17.9 Å². The molecular weight excluding hydrogens is 368 g/mol. The molecule has 0 bridgehead atoms. The molecule has 0 aliphatic heterocycles. The third-order valence-corrected chi connectivity index (χ3v) is 5.86. The second kappa shape index (κ2) is 8.58. The van der Waals surface area contributed by atoms with Gasteiger partial charge in [0, 0.05) is 29.4 Å². The number of carbonyl (C=O) groups is 1. The minimum atomic E-state index is -0.0265. The van der Waals surface area contributed by atoms with Crippen molar-refractivity contribution in [2.24, 2.45) is 0 Å². The van der Waals surface area contributed by atoms with Gasteiger partial charge in [0.15, 0.2) is 0 Å². The van der Waals surface area contributed by atoms with Gasteiger partial charge in [-0.15, -0.1) is 0 Å². The van der Waals surface area contributed by atoms with Gasteiger partial charge in [0.2, 0.25) is 5.91 Å². The third-order valence-electron chi connectivity index (χ3n) is 5.86. The van der Waals surface area contributed by atoms with Crippen molar-refractivity contribution >= 4 is 16.8 Å². The van der Waals surface area contributed by atoms with Gasteiger partial charge in [-0.3, -0.25) is 4.79 Å². The third kappa shape index (κ3) is 4.16. The topological polar surface area (TPSA) is 44.9 Å². The Bertz CT molecular complexity index is 1160. The molecule has 3 heteroatoms. The average molecular weight is 397 g/mol. The summed E-state index contributed by atoms with van der Waals surface area (Å²) in [7, 11) is 0. The monoisotopic (exact) mass is 396 g/mol. The molecular formula is C27H28N2O. The second-order valence-corrected chi connectivity index (χ2v) is 8.11. The molecule has 1 amide bonds. The minimum absolute atomic E-state index is 0.00952. The van der Waals surface area contributed by atoms with E-state index in [2.05, 4.69) is 66.7 Å². The van der Waals surface area contributed by atoms with Crippen LogP contribution in [0.4, 0.5) is 0 Å². The average Bonchev–Trinajstić information content (AvgIpc) is 3.17. The van der Waals surface area contributed by atoms with E-state index in [1.807, 2.05) is 43.3 Å². The molecule has 4 rings (SSSR count). The molecule has 0 radical (unpaired) electrons. The number of nitrogens with one attached hydrogen (secondary N) is 2. The van der Waals surface area contributed by atoms with Crippen molar-refractivity contribution in [2.75, 3.05) is 0 Å². The number of H-pyrrole nitrogens is 1. The summed E-state index contributed by atoms with van der Waals surface area (Å²) < 4.78 is 0. The van der Waals surface area contributed by atoms with Crippen molar-refractivity contribution in [2.45, 2.75) is 39.2 Å². The summed E-state index contributed by atoms with van der Waals surface area (Å²) in [4.78, 5) is 16.5. The van der Waals surface area contributed by atoms with Crippen molar-refractivity contribution in [3.63, 3.8) is 0 Å².